The summed E-state index contributed by atoms with van der Waals surface area (Å²) >= 11 is 0. The van der Waals surface area contributed by atoms with Crippen LogP contribution in [-0.2, 0) is 18.3 Å². The molecule has 46 heavy (non-hydrogen) atoms. The van der Waals surface area contributed by atoms with Gasteiger partial charge in [0.15, 0.2) is 0 Å². The molecule has 1 aliphatic rings. The molecule has 2 aromatic carbocycles. The third-order valence-electron chi connectivity index (χ3n) is 7.76. The van der Waals surface area contributed by atoms with Gasteiger partial charge in [0.1, 0.15) is 11.4 Å². The molecule has 5 aromatic rings. The Morgan fingerprint density at radius 2 is 1.91 bits per heavy atom. The van der Waals surface area contributed by atoms with E-state index >= 15 is 0 Å². The summed E-state index contributed by atoms with van der Waals surface area (Å²) in [7, 11) is 1.91. The maximum absolute atomic E-state index is 12.7. The lowest BCUT2D eigenvalue weighted by Crippen LogP contribution is -2.47. The smallest absolute Gasteiger partial charge is 0.410 e. The van der Waals surface area contributed by atoms with Crippen molar-refractivity contribution in [2.75, 3.05) is 23.7 Å². The molecule has 0 saturated carbocycles. The number of nitrogens with zero attached hydrogens (tertiary/aromatic N) is 6. The summed E-state index contributed by atoms with van der Waals surface area (Å²) in [6.45, 7) is 9.50. The second-order valence-corrected chi connectivity index (χ2v) is 12.6. The van der Waals surface area contributed by atoms with Gasteiger partial charge in [0.25, 0.3) is 0 Å². The molecule has 238 valence electrons. The van der Waals surface area contributed by atoms with Gasteiger partial charge < -0.3 is 25.0 Å². The minimum atomic E-state index is -0.539. The van der Waals surface area contributed by atoms with E-state index < -0.39 is 5.60 Å². The lowest BCUT2D eigenvalue weighted by Gasteiger charge is -2.34. The third kappa shape index (κ3) is 7.20. The van der Waals surface area contributed by atoms with Gasteiger partial charge in [-0.05, 0) is 70.4 Å². The van der Waals surface area contributed by atoms with Crippen LogP contribution in [0, 0.1) is 6.92 Å². The zero-order chi connectivity index (χ0) is 32.3. The molecule has 11 nitrogen and oxygen atoms in total. The highest BCUT2D eigenvalue weighted by molar-refractivity contribution is 5.98. The number of rotatable bonds is 8. The number of aryl methyl sites for hydroxylation is 2. The topological polar surface area (TPSA) is 119 Å². The molecule has 1 saturated heterocycles. The summed E-state index contributed by atoms with van der Waals surface area (Å²) in [5.74, 6) is 1.67. The van der Waals surface area contributed by atoms with E-state index in [4.69, 9.17) is 14.5 Å². The van der Waals surface area contributed by atoms with E-state index in [-0.39, 0.29) is 12.1 Å². The minimum Gasteiger partial charge on any atom is -0.444 e. The molecule has 3 aromatic heterocycles. The Labute approximate surface area is 269 Å². The van der Waals surface area contributed by atoms with E-state index in [1.807, 2.05) is 71.4 Å². The number of nitrogens with one attached hydrogen (secondary N) is 2. The fourth-order valence-corrected chi connectivity index (χ4v) is 5.60. The van der Waals surface area contributed by atoms with E-state index in [1.165, 1.54) is 0 Å². The van der Waals surface area contributed by atoms with Crippen LogP contribution >= 0.6 is 0 Å². The van der Waals surface area contributed by atoms with Crippen LogP contribution in [0.3, 0.4) is 0 Å². The van der Waals surface area contributed by atoms with E-state index in [2.05, 4.69) is 50.0 Å². The molecule has 0 bridgehead atoms. The van der Waals surface area contributed by atoms with Crippen molar-refractivity contribution in [3.05, 3.63) is 84.4 Å². The van der Waals surface area contributed by atoms with Crippen molar-refractivity contribution in [1.82, 2.24) is 29.6 Å². The van der Waals surface area contributed by atoms with Crippen LogP contribution in [0.15, 0.2) is 73.3 Å². The maximum Gasteiger partial charge on any atom is 0.410 e. The number of carbonyl (C=O) groups is 1. The number of piperidine rings is 1. The van der Waals surface area contributed by atoms with Crippen LogP contribution in [0.25, 0.3) is 22.0 Å². The molecule has 0 radical (unpaired) electrons. The summed E-state index contributed by atoms with van der Waals surface area (Å²) < 4.78 is 14.0. The Balaban J connectivity index is 1.22. The molecule has 0 spiro atoms. The maximum atomic E-state index is 12.7. The number of pyridine rings is 1. The molecule has 4 heterocycles. The van der Waals surface area contributed by atoms with Gasteiger partial charge in [0, 0.05) is 73.3 Å². The highest BCUT2D eigenvalue weighted by Crippen LogP contribution is 2.38. The zero-order valence-corrected chi connectivity index (χ0v) is 26.9. The highest BCUT2D eigenvalue weighted by Gasteiger charge is 2.28. The lowest BCUT2D eigenvalue weighted by molar-refractivity contribution is 0.0206. The Morgan fingerprint density at radius 1 is 1.04 bits per heavy atom. The number of fused-ring (bicyclic) bond motifs is 1. The van der Waals surface area contributed by atoms with Crippen molar-refractivity contribution >= 4 is 28.5 Å². The Hall–Kier alpha value is -5.19. The first kappa shape index (κ1) is 30.8. The number of benzene rings is 2. The molecule has 1 fully saturated rings. The predicted molar refractivity (Wildman–Crippen MR) is 179 cm³/mol. The second-order valence-electron chi connectivity index (χ2n) is 12.6. The quantitative estimate of drug-likeness (QED) is 0.190. The lowest BCUT2D eigenvalue weighted by atomic mass is 10.0. The summed E-state index contributed by atoms with van der Waals surface area (Å²) in [6.07, 6.45) is 8.76. The van der Waals surface area contributed by atoms with Crippen molar-refractivity contribution in [3.63, 3.8) is 0 Å². The standard InChI is InChI=1S/C35H40N8O3/c1-23-13-14-26-27(10-6-12-29(26)38-19-24-20-39-42(5)21-24)31(23)45-32-28(11-7-16-36-32)30-15-17-37-33(41-30)40-25-9-8-18-43(22-25)34(44)46-35(2,3)4/h6-7,10-17,20-21,25,38H,8-9,18-19,22H2,1-5H3,(H,37,40,41)/t25-/m0/s1. The molecule has 11 heteroatoms. The summed E-state index contributed by atoms with van der Waals surface area (Å²) in [4.78, 5) is 28.3. The average Bonchev–Trinajstić information content (AvgIpc) is 3.46. The first-order chi connectivity index (χ1) is 22.1. The molecule has 1 aliphatic heterocycles. The van der Waals surface area contributed by atoms with Gasteiger partial charge in [-0.1, -0.05) is 24.3 Å². The van der Waals surface area contributed by atoms with Crippen molar-refractivity contribution in [2.45, 2.75) is 58.7 Å². The molecule has 2 N–H and O–H groups in total. The Bertz CT molecular complexity index is 1850. The minimum absolute atomic E-state index is 0.000397. The summed E-state index contributed by atoms with van der Waals surface area (Å²) in [6, 6.07) is 16.0. The fourth-order valence-electron chi connectivity index (χ4n) is 5.60. The predicted octanol–water partition coefficient (Wildman–Crippen LogP) is 6.95. The number of ether oxygens (including phenoxy) is 2. The zero-order valence-electron chi connectivity index (χ0n) is 26.9. The van der Waals surface area contributed by atoms with E-state index in [0.717, 1.165) is 51.7 Å². The van der Waals surface area contributed by atoms with Crippen LogP contribution in [0.1, 0.15) is 44.7 Å². The van der Waals surface area contributed by atoms with Crippen molar-refractivity contribution in [2.24, 2.45) is 7.05 Å². The van der Waals surface area contributed by atoms with Gasteiger partial charge in [-0.25, -0.2) is 19.7 Å². The Morgan fingerprint density at radius 3 is 2.72 bits per heavy atom. The van der Waals surface area contributed by atoms with E-state index in [0.29, 0.717) is 37.2 Å². The van der Waals surface area contributed by atoms with Gasteiger partial charge in [-0.15, -0.1) is 0 Å². The van der Waals surface area contributed by atoms with Gasteiger partial charge in [-0.3, -0.25) is 4.68 Å². The number of aromatic nitrogens is 5. The average molecular weight is 621 g/mol. The molecule has 1 amide bonds. The van der Waals surface area contributed by atoms with E-state index in [9.17, 15) is 4.79 Å². The van der Waals surface area contributed by atoms with Crippen LogP contribution in [0.5, 0.6) is 11.6 Å². The Kier molecular flexibility index (Phi) is 8.74. The number of hydrogen-bond acceptors (Lipinski definition) is 9. The number of hydrogen-bond donors (Lipinski definition) is 2. The summed E-state index contributed by atoms with van der Waals surface area (Å²) in [5.41, 5.74) is 3.98. The van der Waals surface area contributed by atoms with Gasteiger partial charge >= 0.3 is 6.09 Å². The van der Waals surface area contributed by atoms with Crippen molar-refractivity contribution in [3.8, 4) is 22.9 Å². The molecular formula is C35H40N8O3. The normalized spacial score (nSPS) is 15.1. The number of amides is 1. The molecular weight excluding hydrogens is 580 g/mol. The monoisotopic (exact) mass is 620 g/mol. The first-order valence-electron chi connectivity index (χ1n) is 15.6. The van der Waals surface area contributed by atoms with Crippen LogP contribution < -0.4 is 15.4 Å². The van der Waals surface area contributed by atoms with E-state index in [1.54, 1.807) is 22.0 Å². The third-order valence-corrected chi connectivity index (χ3v) is 7.76. The molecule has 6 rings (SSSR count). The number of anilines is 2. The summed E-state index contributed by atoms with van der Waals surface area (Å²) in [5, 5.41) is 13.3. The fraction of sp³-hybridized carbons (Fsp3) is 0.343. The van der Waals surface area contributed by atoms with Crippen LogP contribution in [0.4, 0.5) is 16.4 Å². The van der Waals surface area contributed by atoms with Crippen LogP contribution in [0.2, 0.25) is 0 Å². The van der Waals surface area contributed by atoms with Gasteiger partial charge in [0.2, 0.25) is 11.8 Å². The SMILES string of the molecule is Cc1ccc2c(NCc3cnn(C)c3)cccc2c1Oc1ncccc1-c1ccnc(N[C@H]2CCCN(C(=O)OC(C)(C)C)C2)n1. The van der Waals surface area contributed by atoms with Gasteiger partial charge in [-0.2, -0.15) is 5.10 Å². The number of carbonyl (C=O) groups excluding carboxylic acids is 1. The van der Waals surface area contributed by atoms with Crippen molar-refractivity contribution in [1.29, 1.82) is 0 Å². The molecule has 0 aliphatic carbocycles. The number of likely N-dealkylation sites (tertiary alicyclic amines) is 1. The first-order valence-corrected chi connectivity index (χ1v) is 15.6. The molecule has 0 unspecified atom stereocenters. The second kappa shape index (κ2) is 13.0. The van der Waals surface area contributed by atoms with Gasteiger partial charge in [0.05, 0.1) is 17.5 Å². The van der Waals surface area contributed by atoms with Crippen molar-refractivity contribution < 1.29 is 14.3 Å². The largest absolute Gasteiger partial charge is 0.444 e. The highest BCUT2D eigenvalue weighted by atomic mass is 16.6. The molecule has 1 atom stereocenters. The van der Waals surface area contributed by atoms with Crippen LogP contribution in [-0.4, -0.2) is 60.5 Å².